The van der Waals surface area contributed by atoms with Crippen LogP contribution in [0.3, 0.4) is 0 Å². The number of aromatic amines is 1. The van der Waals surface area contributed by atoms with Crippen LogP contribution in [0.4, 0.5) is 0 Å². The van der Waals surface area contributed by atoms with Crippen molar-refractivity contribution < 1.29 is 0 Å². The highest BCUT2D eigenvalue weighted by molar-refractivity contribution is 5.63. The number of benzene rings is 1. The lowest BCUT2D eigenvalue weighted by atomic mass is 9.86. The fourth-order valence-electron chi connectivity index (χ4n) is 2.19. The molecule has 3 nitrogen and oxygen atoms in total. The molecular formula is C18H27N3. The number of nitrogens with zero attached hydrogens (tertiary/aromatic N) is 1. The Balaban J connectivity index is 2.21. The minimum absolute atomic E-state index is 0.102. The van der Waals surface area contributed by atoms with Crippen molar-refractivity contribution in [2.45, 2.75) is 59.0 Å². The molecule has 0 aliphatic heterocycles. The summed E-state index contributed by atoms with van der Waals surface area (Å²) in [6.07, 6.45) is 1.91. The first-order chi connectivity index (χ1) is 9.67. The third-order valence-corrected chi connectivity index (χ3v) is 3.57. The van der Waals surface area contributed by atoms with Crippen LogP contribution in [-0.4, -0.2) is 15.7 Å². The number of hydrogen-bond acceptors (Lipinski definition) is 2. The zero-order valence-corrected chi connectivity index (χ0v) is 14.0. The first kappa shape index (κ1) is 15.8. The van der Waals surface area contributed by atoms with Crippen molar-refractivity contribution in [3.63, 3.8) is 0 Å². The summed E-state index contributed by atoms with van der Waals surface area (Å²) in [5.74, 6) is 0. The van der Waals surface area contributed by atoms with E-state index in [9.17, 15) is 0 Å². The molecule has 3 heteroatoms. The van der Waals surface area contributed by atoms with Gasteiger partial charge in [0.25, 0.3) is 0 Å². The summed E-state index contributed by atoms with van der Waals surface area (Å²) in [7, 11) is 0. The molecule has 2 aromatic rings. The highest BCUT2D eigenvalue weighted by atomic mass is 15.1. The van der Waals surface area contributed by atoms with Gasteiger partial charge in [-0.15, -0.1) is 0 Å². The van der Waals surface area contributed by atoms with Crippen molar-refractivity contribution in [2.75, 3.05) is 0 Å². The van der Waals surface area contributed by atoms with Crippen LogP contribution in [0.2, 0.25) is 0 Å². The Labute approximate surface area is 128 Å². The SMILES string of the molecule is CC(C)(C)NCc1cn[nH]c1-c1ccc(C(C)(C)C)cc1. The van der Waals surface area contributed by atoms with Crippen molar-refractivity contribution in [2.24, 2.45) is 0 Å². The number of hydrogen-bond donors (Lipinski definition) is 2. The molecule has 0 unspecified atom stereocenters. The summed E-state index contributed by atoms with van der Waals surface area (Å²) >= 11 is 0. The van der Waals surface area contributed by atoms with Gasteiger partial charge in [-0.3, -0.25) is 5.10 Å². The predicted octanol–water partition coefficient (Wildman–Crippen LogP) is 4.26. The van der Waals surface area contributed by atoms with Crippen molar-refractivity contribution >= 4 is 0 Å². The Hall–Kier alpha value is -1.61. The molecule has 1 aromatic carbocycles. The lowest BCUT2D eigenvalue weighted by Crippen LogP contribution is -2.35. The van der Waals surface area contributed by atoms with Crippen LogP contribution in [0, 0.1) is 0 Å². The Morgan fingerprint density at radius 1 is 1.00 bits per heavy atom. The molecular weight excluding hydrogens is 258 g/mol. The highest BCUT2D eigenvalue weighted by Crippen LogP contribution is 2.26. The summed E-state index contributed by atoms with van der Waals surface area (Å²) < 4.78 is 0. The fourth-order valence-corrected chi connectivity index (χ4v) is 2.19. The summed E-state index contributed by atoms with van der Waals surface area (Å²) in [6, 6.07) is 8.76. The van der Waals surface area contributed by atoms with E-state index in [4.69, 9.17) is 0 Å². The molecule has 0 fully saturated rings. The molecule has 2 N–H and O–H groups in total. The second-order valence-corrected chi connectivity index (χ2v) is 7.70. The normalized spacial score (nSPS) is 12.7. The van der Waals surface area contributed by atoms with E-state index in [0.717, 1.165) is 12.2 Å². The van der Waals surface area contributed by atoms with Crippen molar-refractivity contribution in [3.05, 3.63) is 41.6 Å². The molecule has 0 saturated heterocycles. The fraction of sp³-hybridized carbons (Fsp3) is 0.500. The molecule has 0 aliphatic rings. The van der Waals surface area contributed by atoms with Gasteiger partial charge < -0.3 is 5.32 Å². The highest BCUT2D eigenvalue weighted by Gasteiger charge is 2.15. The van der Waals surface area contributed by atoms with Crippen molar-refractivity contribution in [1.29, 1.82) is 0 Å². The van der Waals surface area contributed by atoms with E-state index >= 15 is 0 Å². The minimum Gasteiger partial charge on any atom is -0.308 e. The molecule has 1 aromatic heterocycles. The van der Waals surface area contributed by atoms with Crippen molar-refractivity contribution in [3.8, 4) is 11.3 Å². The standard InChI is InChI=1S/C18H27N3/c1-17(2,3)15-9-7-13(8-10-15)16-14(12-20-21-16)11-19-18(4,5)6/h7-10,12,19H,11H2,1-6H3,(H,20,21). The minimum atomic E-state index is 0.102. The summed E-state index contributed by atoms with van der Waals surface area (Å²) in [5.41, 5.74) is 5.13. The van der Waals surface area contributed by atoms with Crippen LogP contribution in [-0.2, 0) is 12.0 Å². The summed E-state index contributed by atoms with van der Waals surface area (Å²) in [5, 5.41) is 10.8. The van der Waals surface area contributed by atoms with E-state index in [1.165, 1.54) is 16.7 Å². The van der Waals surface area contributed by atoms with Gasteiger partial charge in [0.2, 0.25) is 0 Å². The van der Waals surface area contributed by atoms with Crippen molar-refractivity contribution in [1.82, 2.24) is 15.5 Å². The van der Waals surface area contributed by atoms with Gasteiger partial charge in [-0.1, -0.05) is 45.0 Å². The Bertz CT molecular complexity index is 580. The van der Waals surface area contributed by atoms with Gasteiger partial charge in [0, 0.05) is 17.6 Å². The van der Waals surface area contributed by atoms with E-state index in [1.807, 2.05) is 6.20 Å². The second kappa shape index (κ2) is 5.64. The van der Waals surface area contributed by atoms with Gasteiger partial charge >= 0.3 is 0 Å². The Kier molecular flexibility index (Phi) is 4.24. The molecule has 0 saturated carbocycles. The lowest BCUT2D eigenvalue weighted by molar-refractivity contribution is 0.424. The number of aromatic nitrogens is 2. The maximum Gasteiger partial charge on any atom is 0.0695 e. The van der Waals surface area contributed by atoms with E-state index in [0.29, 0.717) is 0 Å². The van der Waals surface area contributed by atoms with Crippen LogP contribution in [0.25, 0.3) is 11.3 Å². The Morgan fingerprint density at radius 3 is 2.14 bits per heavy atom. The second-order valence-electron chi connectivity index (χ2n) is 7.70. The Morgan fingerprint density at radius 2 is 1.62 bits per heavy atom. The molecule has 21 heavy (non-hydrogen) atoms. The van der Waals surface area contributed by atoms with Gasteiger partial charge in [0.05, 0.1) is 11.9 Å². The number of rotatable bonds is 3. The first-order valence-corrected chi connectivity index (χ1v) is 7.55. The number of H-pyrrole nitrogens is 1. The molecule has 0 atom stereocenters. The zero-order valence-electron chi connectivity index (χ0n) is 14.0. The maximum atomic E-state index is 4.21. The lowest BCUT2D eigenvalue weighted by Gasteiger charge is -2.21. The van der Waals surface area contributed by atoms with Crippen LogP contribution in [0.5, 0.6) is 0 Å². The smallest absolute Gasteiger partial charge is 0.0695 e. The average molecular weight is 285 g/mol. The average Bonchev–Trinajstić information content (AvgIpc) is 2.83. The van der Waals surface area contributed by atoms with Crippen LogP contribution >= 0.6 is 0 Å². The largest absolute Gasteiger partial charge is 0.308 e. The van der Waals surface area contributed by atoms with E-state index in [2.05, 4.69) is 81.3 Å². The van der Waals surface area contributed by atoms with Gasteiger partial charge in [0.15, 0.2) is 0 Å². The molecule has 2 rings (SSSR count). The monoisotopic (exact) mass is 285 g/mol. The van der Waals surface area contributed by atoms with Gasteiger partial charge in [-0.25, -0.2) is 0 Å². The van der Waals surface area contributed by atoms with Gasteiger partial charge in [-0.05, 0) is 37.3 Å². The van der Waals surface area contributed by atoms with E-state index in [-0.39, 0.29) is 11.0 Å². The first-order valence-electron chi connectivity index (χ1n) is 7.55. The zero-order chi connectivity index (χ0) is 15.7. The van der Waals surface area contributed by atoms with E-state index in [1.54, 1.807) is 0 Å². The third-order valence-electron chi connectivity index (χ3n) is 3.57. The molecule has 0 spiro atoms. The molecule has 0 aliphatic carbocycles. The van der Waals surface area contributed by atoms with Crippen LogP contribution in [0.1, 0.15) is 52.7 Å². The maximum absolute atomic E-state index is 4.21. The molecule has 1 heterocycles. The van der Waals surface area contributed by atoms with Crippen LogP contribution < -0.4 is 5.32 Å². The predicted molar refractivity (Wildman–Crippen MR) is 89.3 cm³/mol. The van der Waals surface area contributed by atoms with Gasteiger partial charge in [-0.2, -0.15) is 5.10 Å². The third kappa shape index (κ3) is 4.18. The molecule has 0 radical (unpaired) electrons. The number of nitrogens with one attached hydrogen (secondary N) is 2. The molecule has 0 amide bonds. The topological polar surface area (TPSA) is 40.7 Å². The van der Waals surface area contributed by atoms with E-state index < -0.39 is 0 Å². The summed E-state index contributed by atoms with van der Waals surface area (Å²) in [6.45, 7) is 14.0. The molecule has 114 valence electrons. The van der Waals surface area contributed by atoms with Gasteiger partial charge in [0.1, 0.15) is 0 Å². The summed E-state index contributed by atoms with van der Waals surface area (Å²) in [4.78, 5) is 0. The quantitative estimate of drug-likeness (QED) is 0.884. The molecule has 0 bridgehead atoms. The van der Waals surface area contributed by atoms with Crippen LogP contribution in [0.15, 0.2) is 30.5 Å².